The van der Waals surface area contributed by atoms with Gasteiger partial charge in [0.1, 0.15) is 11.6 Å². The van der Waals surface area contributed by atoms with E-state index in [9.17, 15) is 9.18 Å². The molecule has 4 N–H and O–H groups in total. The minimum Gasteiger partial charge on any atom is -0.369 e. The summed E-state index contributed by atoms with van der Waals surface area (Å²) >= 11 is 1.56. The number of nitrogens with zero attached hydrogens (tertiary/aromatic N) is 2. The number of benzene rings is 1. The van der Waals surface area contributed by atoms with Crippen LogP contribution >= 0.6 is 11.3 Å². The number of hydrogen-bond acceptors (Lipinski definition) is 6. The fourth-order valence-electron chi connectivity index (χ4n) is 3.42. The number of thiophene rings is 1. The molecule has 0 aliphatic rings. The van der Waals surface area contributed by atoms with Crippen molar-refractivity contribution in [3.8, 4) is 10.6 Å². The van der Waals surface area contributed by atoms with Crippen LogP contribution in [0.15, 0.2) is 72.4 Å². The van der Waals surface area contributed by atoms with Gasteiger partial charge in [0.05, 0.1) is 16.1 Å². The van der Waals surface area contributed by atoms with Gasteiger partial charge in [-0.2, -0.15) is 0 Å². The van der Waals surface area contributed by atoms with Gasteiger partial charge >= 0.3 is 0 Å². The van der Waals surface area contributed by atoms with Crippen molar-refractivity contribution in [1.82, 2.24) is 15.3 Å². The van der Waals surface area contributed by atoms with E-state index in [1.54, 1.807) is 35.9 Å². The second-order valence-electron chi connectivity index (χ2n) is 7.42. The van der Waals surface area contributed by atoms with Gasteiger partial charge in [0.25, 0.3) is 5.91 Å². The number of carbonyl (C=O) groups excluding carboxylic acids is 1. The molecule has 0 radical (unpaired) electrons. The molecular weight excluding hydrogens is 437 g/mol. The number of halogens is 1. The Balaban J connectivity index is 1.55. The Morgan fingerprint density at radius 1 is 1.09 bits per heavy atom. The Hall–Kier alpha value is -3.62. The lowest BCUT2D eigenvalue weighted by Crippen LogP contribution is -2.25. The van der Waals surface area contributed by atoms with E-state index in [0.717, 1.165) is 27.3 Å². The van der Waals surface area contributed by atoms with Crippen molar-refractivity contribution >= 4 is 23.1 Å². The third kappa shape index (κ3) is 5.79. The van der Waals surface area contributed by atoms with Crippen molar-refractivity contribution in [2.45, 2.75) is 19.5 Å². The van der Waals surface area contributed by atoms with Crippen molar-refractivity contribution in [3.63, 3.8) is 0 Å². The number of pyridine rings is 2. The van der Waals surface area contributed by atoms with Crippen LogP contribution in [0.2, 0.25) is 0 Å². The monoisotopic (exact) mass is 461 g/mol. The largest absolute Gasteiger partial charge is 0.369 e. The summed E-state index contributed by atoms with van der Waals surface area (Å²) in [4.78, 5) is 22.8. The molecule has 168 valence electrons. The first-order valence-corrected chi connectivity index (χ1v) is 11.5. The molecule has 3 aromatic heterocycles. The summed E-state index contributed by atoms with van der Waals surface area (Å²) in [5.74, 6) is -0.0320. The molecule has 0 saturated heterocycles. The summed E-state index contributed by atoms with van der Waals surface area (Å²) in [6.07, 6.45) is 3.99. The van der Waals surface area contributed by atoms with Gasteiger partial charge in [-0.25, -0.2) is 9.37 Å². The number of aromatic nitrogens is 2. The van der Waals surface area contributed by atoms with Gasteiger partial charge < -0.3 is 16.4 Å². The van der Waals surface area contributed by atoms with Gasteiger partial charge in [0.15, 0.2) is 0 Å². The summed E-state index contributed by atoms with van der Waals surface area (Å²) in [5.41, 5.74) is 9.83. The van der Waals surface area contributed by atoms with Gasteiger partial charge in [0.2, 0.25) is 0 Å². The number of amides is 1. The third-order valence-electron chi connectivity index (χ3n) is 5.11. The summed E-state index contributed by atoms with van der Waals surface area (Å²) in [5, 5.41) is 8.17. The van der Waals surface area contributed by atoms with Gasteiger partial charge in [-0.05, 0) is 64.9 Å². The van der Waals surface area contributed by atoms with Crippen LogP contribution in [0, 0.1) is 5.82 Å². The van der Waals surface area contributed by atoms with Crippen LogP contribution < -0.4 is 16.4 Å². The highest BCUT2D eigenvalue weighted by molar-refractivity contribution is 7.13. The molecule has 1 aromatic carbocycles. The lowest BCUT2D eigenvalue weighted by molar-refractivity contribution is 0.0951. The molecule has 0 atom stereocenters. The standard InChI is InChI=1S/C25H24FN5OS/c26-20-5-1-3-17(13-20)8-11-29-24-21(25(32)30-16-18-4-2-10-28-15-18)6-7-22(31-24)23-19(14-27)9-12-33-23/h1-7,9-10,12-13,15H,8,11,14,16,27H2,(H,29,31)(H,30,32). The molecule has 6 nitrogen and oxygen atoms in total. The van der Waals surface area contributed by atoms with E-state index in [4.69, 9.17) is 10.7 Å². The number of carbonyl (C=O) groups is 1. The van der Waals surface area contributed by atoms with Crippen LogP contribution in [0.1, 0.15) is 27.0 Å². The van der Waals surface area contributed by atoms with Crippen LogP contribution in [-0.4, -0.2) is 22.4 Å². The zero-order valence-corrected chi connectivity index (χ0v) is 18.7. The van der Waals surface area contributed by atoms with E-state index in [2.05, 4.69) is 15.6 Å². The normalized spacial score (nSPS) is 10.7. The molecule has 0 aliphatic heterocycles. The average Bonchev–Trinajstić information content (AvgIpc) is 3.32. The van der Waals surface area contributed by atoms with Crippen molar-refractivity contribution in [1.29, 1.82) is 0 Å². The van der Waals surface area contributed by atoms with Crippen molar-refractivity contribution in [2.75, 3.05) is 11.9 Å². The molecule has 1 amide bonds. The second kappa shape index (κ2) is 10.8. The maximum atomic E-state index is 13.5. The Morgan fingerprint density at radius 2 is 1.97 bits per heavy atom. The van der Waals surface area contributed by atoms with Gasteiger partial charge in [-0.1, -0.05) is 18.2 Å². The molecule has 0 saturated carbocycles. The topological polar surface area (TPSA) is 92.9 Å². The molecule has 4 rings (SSSR count). The maximum absolute atomic E-state index is 13.5. The summed E-state index contributed by atoms with van der Waals surface area (Å²) in [6, 6.07) is 15.8. The van der Waals surface area contributed by atoms with E-state index in [1.807, 2.05) is 35.7 Å². The molecule has 8 heteroatoms. The van der Waals surface area contributed by atoms with Crippen LogP contribution in [0.25, 0.3) is 10.6 Å². The maximum Gasteiger partial charge on any atom is 0.255 e. The van der Waals surface area contributed by atoms with Gasteiger partial charge in [-0.15, -0.1) is 11.3 Å². The lowest BCUT2D eigenvalue weighted by atomic mass is 10.1. The minimum absolute atomic E-state index is 0.239. The lowest BCUT2D eigenvalue weighted by Gasteiger charge is -2.13. The SMILES string of the molecule is NCc1ccsc1-c1ccc(C(=O)NCc2cccnc2)c(NCCc2cccc(F)c2)n1. The fraction of sp³-hybridized carbons (Fsp3) is 0.160. The van der Waals surface area contributed by atoms with Gasteiger partial charge in [-0.3, -0.25) is 9.78 Å². The minimum atomic E-state index is -0.268. The summed E-state index contributed by atoms with van der Waals surface area (Å²) in [6.45, 7) is 1.27. The quantitative estimate of drug-likeness (QED) is 0.344. The number of nitrogens with two attached hydrogens (primary N) is 1. The highest BCUT2D eigenvalue weighted by Crippen LogP contribution is 2.30. The van der Waals surface area contributed by atoms with Crippen LogP contribution in [0.5, 0.6) is 0 Å². The Labute approximate surface area is 195 Å². The second-order valence-corrected chi connectivity index (χ2v) is 8.34. The molecular formula is C25H24FN5OS. The first-order valence-electron chi connectivity index (χ1n) is 10.6. The number of rotatable bonds is 9. The van der Waals surface area contributed by atoms with E-state index in [1.165, 1.54) is 12.1 Å². The first-order chi connectivity index (χ1) is 16.1. The first kappa shape index (κ1) is 22.6. The molecule has 4 aromatic rings. The van der Waals surface area contributed by atoms with Crippen molar-refractivity contribution in [3.05, 3.63) is 100 Å². The third-order valence-corrected chi connectivity index (χ3v) is 6.09. The number of hydrogen-bond donors (Lipinski definition) is 3. The fourth-order valence-corrected chi connectivity index (χ4v) is 4.33. The molecule has 0 spiro atoms. The van der Waals surface area contributed by atoms with Crippen LogP contribution in [0.4, 0.5) is 10.2 Å². The highest BCUT2D eigenvalue weighted by atomic mass is 32.1. The molecule has 3 heterocycles. The van der Waals surface area contributed by atoms with E-state index < -0.39 is 0 Å². The average molecular weight is 462 g/mol. The molecule has 0 unspecified atom stereocenters. The zero-order valence-electron chi connectivity index (χ0n) is 17.9. The number of anilines is 1. The van der Waals surface area contributed by atoms with Crippen molar-refractivity contribution < 1.29 is 9.18 Å². The van der Waals surface area contributed by atoms with Gasteiger partial charge in [0, 0.05) is 32.0 Å². The summed E-state index contributed by atoms with van der Waals surface area (Å²) in [7, 11) is 0. The predicted octanol–water partition coefficient (Wildman–Crippen LogP) is 4.39. The molecule has 0 aliphatic carbocycles. The Morgan fingerprint density at radius 3 is 2.76 bits per heavy atom. The zero-order chi connectivity index (χ0) is 23.0. The smallest absolute Gasteiger partial charge is 0.255 e. The molecule has 0 fully saturated rings. The predicted molar refractivity (Wildman–Crippen MR) is 129 cm³/mol. The van der Waals surface area contributed by atoms with Crippen LogP contribution in [0.3, 0.4) is 0 Å². The van der Waals surface area contributed by atoms with E-state index in [0.29, 0.717) is 37.4 Å². The van der Waals surface area contributed by atoms with E-state index >= 15 is 0 Å². The Bertz CT molecular complexity index is 1230. The highest BCUT2D eigenvalue weighted by Gasteiger charge is 2.16. The molecule has 33 heavy (non-hydrogen) atoms. The van der Waals surface area contributed by atoms with Crippen LogP contribution in [-0.2, 0) is 19.5 Å². The molecule has 0 bridgehead atoms. The number of nitrogens with one attached hydrogen (secondary N) is 2. The van der Waals surface area contributed by atoms with Crippen molar-refractivity contribution in [2.24, 2.45) is 5.73 Å². The van der Waals surface area contributed by atoms with E-state index in [-0.39, 0.29) is 11.7 Å². The summed E-state index contributed by atoms with van der Waals surface area (Å²) < 4.78 is 13.5. The Kier molecular flexibility index (Phi) is 7.39.